The number of phenolic OH excluding ortho intramolecular Hbond substituents is 1. The van der Waals surface area contributed by atoms with Crippen molar-refractivity contribution in [3.8, 4) is 5.75 Å². The molecule has 1 heterocycles. The monoisotopic (exact) mass is 1120 g/mol. The highest BCUT2D eigenvalue weighted by Gasteiger charge is 2.40. The van der Waals surface area contributed by atoms with Crippen LogP contribution in [0.1, 0.15) is 55.2 Å². The Morgan fingerprint density at radius 3 is 1.69 bits per heavy atom. The minimum absolute atomic E-state index is 0.0377. The summed E-state index contributed by atoms with van der Waals surface area (Å²) in [6.07, 6.45) is -0.0141. The summed E-state index contributed by atoms with van der Waals surface area (Å²) in [5.41, 5.74) is 30.1. The largest absolute Gasteiger partial charge is 0.508 e. The second kappa shape index (κ2) is 32.0. The number of guanidine groups is 1. The molecule has 0 spiro atoms. The molecule has 0 aromatic heterocycles. The summed E-state index contributed by atoms with van der Waals surface area (Å²) in [6.45, 7) is -0.510. The van der Waals surface area contributed by atoms with Crippen molar-refractivity contribution in [1.82, 2.24) is 42.1 Å². The maximum atomic E-state index is 14.2. The molecule has 27 heteroatoms. The number of carbonyl (C=O) groups excluding carboxylic acids is 10. The lowest BCUT2D eigenvalue weighted by atomic mass is 10.0. The van der Waals surface area contributed by atoms with Crippen molar-refractivity contribution in [3.05, 3.63) is 102 Å². The number of hydrogen-bond acceptors (Lipinski definition) is 15. The molecule has 3 aromatic carbocycles. The van der Waals surface area contributed by atoms with E-state index < -0.39 is 114 Å². The molecule has 18 N–H and O–H groups in total. The molecule has 25 nitrogen and oxygen atoms in total. The Hall–Kier alpha value is -7.91. The molecule has 0 aliphatic carbocycles. The van der Waals surface area contributed by atoms with Crippen LogP contribution < -0.4 is 65.9 Å². The summed E-state index contributed by atoms with van der Waals surface area (Å²) in [4.78, 5) is 139. The lowest BCUT2D eigenvalue weighted by molar-refractivity contribution is -0.142. The van der Waals surface area contributed by atoms with Crippen LogP contribution in [0.15, 0.2) is 89.9 Å². The van der Waals surface area contributed by atoms with E-state index in [-0.39, 0.29) is 87.7 Å². The third kappa shape index (κ3) is 20.9. The van der Waals surface area contributed by atoms with Crippen LogP contribution in [0.3, 0.4) is 0 Å². The van der Waals surface area contributed by atoms with Gasteiger partial charge in [0, 0.05) is 43.9 Å². The summed E-state index contributed by atoms with van der Waals surface area (Å²) in [6, 6.07) is 13.4. The number of nitrogens with zero attached hydrogens (tertiary/aromatic N) is 2. The van der Waals surface area contributed by atoms with Gasteiger partial charge in [0.25, 0.3) is 0 Å². The number of nitrogens with two attached hydrogens (primary N) is 5. The van der Waals surface area contributed by atoms with Crippen LogP contribution in [0.25, 0.3) is 0 Å². The van der Waals surface area contributed by atoms with Gasteiger partial charge in [0.1, 0.15) is 48.0 Å². The van der Waals surface area contributed by atoms with Gasteiger partial charge < -0.3 is 75.9 Å². The molecule has 4 rings (SSSR count). The second-order valence-corrected chi connectivity index (χ2v) is 19.1. The predicted molar refractivity (Wildman–Crippen MR) is 295 cm³/mol. The SMILES string of the molecule is NC(=O)CC[C@H](NC(=O)[C@@H]1CCCN1C(=O)[C@H](CS)NC(=O)[C@H](Cc1ccccc1)NC(=O)CNC(=O)[C@H](CS)NC(=O)[C@@H](N)Cc1ccc(O)cc1)C(=O)N[C@@H](CCCN=C(N)N)C(=O)N[C@@H](Cc1ccccc1)C(N)=O. The third-order valence-electron chi connectivity index (χ3n) is 12.4. The first-order valence-corrected chi connectivity index (χ1v) is 26.3. The molecule has 1 aliphatic heterocycles. The van der Waals surface area contributed by atoms with Crippen LogP contribution in [0.4, 0.5) is 0 Å². The topological polar surface area (TPSA) is 421 Å². The van der Waals surface area contributed by atoms with Gasteiger partial charge in [-0.05, 0) is 67.3 Å². The van der Waals surface area contributed by atoms with Crippen molar-refractivity contribution in [2.75, 3.05) is 31.1 Å². The number of aromatic hydroxyl groups is 1. The van der Waals surface area contributed by atoms with Crippen molar-refractivity contribution >= 4 is 90.3 Å². The van der Waals surface area contributed by atoms with Gasteiger partial charge in [0.05, 0.1) is 12.6 Å². The number of carbonyl (C=O) groups is 10. The Morgan fingerprint density at radius 1 is 0.603 bits per heavy atom. The summed E-state index contributed by atoms with van der Waals surface area (Å²) in [5.74, 6) is -8.48. The Kier molecular flexibility index (Phi) is 25.7. The number of primary amides is 2. The number of hydrogen-bond donors (Lipinski definition) is 15. The van der Waals surface area contributed by atoms with E-state index in [1.54, 1.807) is 72.8 Å². The fourth-order valence-electron chi connectivity index (χ4n) is 8.22. The van der Waals surface area contributed by atoms with Crippen LogP contribution >= 0.6 is 25.3 Å². The Balaban J connectivity index is 1.44. The molecule has 0 saturated carbocycles. The lowest BCUT2D eigenvalue weighted by Crippen LogP contribution is -2.60. The zero-order valence-electron chi connectivity index (χ0n) is 42.8. The van der Waals surface area contributed by atoms with Crippen molar-refractivity contribution in [2.24, 2.45) is 33.7 Å². The predicted octanol–water partition coefficient (Wildman–Crippen LogP) is -3.57. The van der Waals surface area contributed by atoms with E-state index >= 15 is 0 Å². The Labute approximate surface area is 462 Å². The first-order valence-electron chi connectivity index (χ1n) is 25.0. The quantitative estimate of drug-likeness (QED) is 0.0128. The number of rotatable bonds is 31. The number of benzene rings is 3. The van der Waals surface area contributed by atoms with E-state index in [1.165, 1.54) is 17.0 Å². The smallest absolute Gasteiger partial charge is 0.246 e. The number of thiol groups is 2. The van der Waals surface area contributed by atoms with Crippen molar-refractivity contribution in [2.45, 2.75) is 106 Å². The number of aliphatic imine (C=N–C) groups is 1. The number of likely N-dealkylation sites (tertiary alicyclic amines) is 1. The van der Waals surface area contributed by atoms with Gasteiger partial charge in [-0.1, -0.05) is 72.8 Å². The van der Waals surface area contributed by atoms with E-state index in [2.05, 4.69) is 67.5 Å². The average Bonchev–Trinajstić information content (AvgIpc) is 3.91. The van der Waals surface area contributed by atoms with Crippen LogP contribution in [0, 0.1) is 0 Å². The standard InChI is InChI=1S/C51H70N14O11S2/c52-33(23-31-15-17-32(66)18-16-31)44(70)63-38(27-77)45(71)58-26-42(68)59-37(25-30-11-5-2-6-12-30)48(74)64-39(28-78)50(76)65-22-8-14-40(65)49(75)61-35(19-20-41(53)67)47(73)60-34(13-7-21-57-51(55)56)46(72)62-36(43(54)69)24-29-9-3-1-4-10-29/h1-6,9-12,15-18,33-40,66,77-78H,7-8,13-14,19-28,52H2,(H2,53,67)(H2,54,69)(H,58,71)(H,59,68)(H,60,73)(H,61,75)(H,62,72)(H,63,70)(H,64,74)(H4,55,56,57)/t33-,34-,35-,36-,37-,38-,39-,40-/m0/s1. The lowest BCUT2D eigenvalue weighted by Gasteiger charge is -2.30. The van der Waals surface area contributed by atoms with Gasteiger partial charge in [0.15, 0.2) is 5.96 Å². The maximum Gasteiger partial charge on any atom is 0.246 e. The molecule has 10 amide bonds. The molecule has 78 heavy (non-hydrogen) atoms. The Bertz CT molecular complexity index is 2580. The minimum atomic E-state index is -1.47. The summed E-state index contributed by atoms with van der Waals surface area (Å²) in [7, 11) is 0. The van der Waals surface area contributed by atoms with Crippen LogP contribution in [0.2, 0.25) is 0 Å². The maximum absolute atomic E-state index is 14.2. The van der Waals surface area contributed by atoms with Crippen molar-refractivity contribution in [3.63, 3.8) is 0 Å². The normalized spacial score (nSPS) is 15.5. The molecule has 0 radical (unpaired) electrons. The molecule has 0 bridgehead atoms. The van der Waals surface area contributed by atoms with E-state index in [1.807, 2.05) is 0 Å². The molecular formula is C51H70N14O11S2. The molecule has 3 aromatic rings. The van der Waals surface area contributed by atoms with Crippen LogP contribution in [-0.2, 0) is 67.2 Å². The minimum Gasteiger partial charge on any atom is -0.508 e. The van der Waals surface area contributed by atoms with E-state index in [0.29, 0.717) is 23.1 Å². The van der Waals surface area contributed by atoms with Gasteiger partial charge in [0.2, 0.25) is 59.1 Å². The van der Waals surface area contributed by atoms with E-state index in [4.69, 9.17) is 28.7 Å². The highest BCUT2D eigenvalue weighted by atomic mass is 32.1. The highest BCUT2D eigenvalue weighted by molar-refractivity contribution is 7.80. The van der Waals surface area contributed by atoms with E-state index in [9.17, 15) is 53.1 Å². The van der Waals surface area contributed by atoms with E-state index in [0.717, 1.165) is 0 Å². The third-order valence-corrected chi connectivity index (χ3v) is 13.1. The van der Waals surface area contributed by atoms with Crippen LogP contribution in [-0.4, -0.2) is 155 Å². The molecule has 0 unspecified atom stereocenters. The zero-order valence-corrected chi connectivity index (χ0v) is 44.6. The van der Waals surface area contributed by atoms with Crippen molar-refractivity contribution in [1.29, 1.82) is 0 Å². The van der Waals surface area contributed by atoms with Gasteiger partial charge in [-0.3, -0.25) is 52.9 Å². The van der Waals surface area contributed by atoms with Gasteiger partial charge in [-0.2, -0.15) is 25.3 Å². The fraction of sp³-hybridized carbons (Fsp3) is 0.431. The second-order valence-electron chi connectivity index (χ2n) is 18.4. The highest BCUT2D eigenvalue weighted by Crippen LogP contribution is 2.20. The van der Waals surface area contributed by atoms with Gasteiger partial charge in [-0.25, -0.2) is 0 Å². The average molecular weight is 1120 g/mol. The molecule has 1 fully saturated rings. The summed E-state index contributed by atoms with van der Waals surface area (Å²) < 4.78 is 0. The molecule has 1 saturated heterocycles. The summed E-state index contributed by atoms with van der Waals surface area (Å²) in [5, 5.41) is 27.5. The molecular weight excluding hydrogens is 1050 g/mol. The Morgan fingerprint density at radius 2 is 1.13 bits per heavy atom. The number of nitrogens with one attached hydrogen (secondary N) is 7. The first kappa shape index (κ1) is 62.6. The number of phenols is 1. The number of amides is 10. The fourth-order valence-corrected chi connectivity index (χ4v) is 8.73. The molecule has 422 valence electrons. The van der Waals surface area contributed by atoms with Gasteiger partial charge in [-0.15, -0.1) is 0 Å². The van der Waals surface area contributed by atoms with Crippen molar-refractivity contribution < 1.29 is 53.1 Å². The summed E-state index contributed by atoms with van der Waals surface area (Å²) >= 11 is 8.51. The van der Waals surface area contributed by atoms with Crippen LogP contribution in [0.5, 0.6) is 5.75 Å². The molecule has 8 atom stereocenters. The zero-order chi connectivity index (χ0) is 57.3. The van der Waals surface area contributed by atoms with Gasteiger partial charge >= 0.3 is 0 Å². The molecule has 1 aliphatic rings. The first-order chi connectivity index (χ1) is 37.2.